The summed E-state index contributed by atoms with van der Waals surface area (Å²) in [6, 6.07) is 0. The van der Waals surface area contributed by atoms with Crippen molar-refractivity contribution >= 4 is 74.9 Å². The number of nitrogens with two attached hydrogens (primary N) is 1. The summed E-state index contributed by atoms with van der Waals surface area (Å²) < 4.78 is 62.3. The molecule has 2 aromatic rings. The van der Waals surface area contributed by atoms with Gasteiger partial charge in [-0.3, -0.25) is 37.3 Å². The second kappa shape index (κ2) is 27.2. The average molecular weight is 1020 g/mol. The molecule has 2 amide bonds. The van der Waals surface area contributed by atoms with Gasteiger partial charge < -0.3 is 50.9 Å². The van der Waals surface area contributed by atoms with Crippen LogP contribution in [0.4, 0.5) is 5.82 Å². The zero-order valence-electron chi connectivity index (χ0n) is 36.9. The number of ether oxygens (including phenoxy) is 1. The second-order valence-electron chi connectivity index (χ2n) is 15.9. The number of phosphoric ester groups is 3. The number of allylic oxidation sites excluding steroid dienone is 2. The Labute approximate surface area is 385 Å². The topological polar surface area (TPSA) is 381 Å². The third-order valence-electron chi connectivity index (χ3n) is 9.82. The van der Waals surface area contributed by atoms with Gasteiger partial charge >= 0.3 is 23.5 Å². The molecule has 2 unspecified atom stereocenters. The lowest BCUT2D eigenvalue weighted by atomic mass is 9.87. The average Bonchev–Trinajstić information content (AvgIpc) is 3.79. The number of unbranched alkanes of at least 4 members (excludes halogenated alkanes) is 7. The summed E-state index contributed by atoms with van der Waals surface area (Å²) in [4.78, 5) is 100. The molecule has 0 bridgehead atoms. The van der Waals surface area contributed by atoms with E-state index in [4.69, 9.17) is 19.5 Å². The summed E-state index contributed by atoms with van der Waals surface area (Å²) in [5, 5.41) is 26.2. The van der Waals surface area contributed by atoms with Crippen molar-refractivity contribution in [3.05, 3.63) is 24.8 Å². The smallest absolute Gasteiger partial charge is 0.386 e. The molecule has 1 fully saturated rings. The van der Waals surface area contributed by atoms with Gasteiger partial charge in [-0.2, -0.15) is 4.31 Å². The number of fused-ring (bicyclic) bond motifs is 1. The normalized spacial score (nSPS) is 20.3. The van der Waals surface area contributed by atoms with Crippen molar-refractivity contribution in [2.45, 2.75) is 128 Å². The number of carbonyl (C=O) groups is 4. The summed E-state index contributed by atoms with van der Waals surface area (Å²) >= 11 is 0.931. The fraction of sp³-hybridized carbons (Fsp3) is 0.703. The number of thioether (sulfide) groups is 1. The number of nitrogens with one attached hydrogen (secondary N) is 2. The van der Waals surface area contributed by atoms with E-state index in [1.807, 2.05) is 0 Å². The summed E-state index contributed by atoms with van der Waals surface area (Å²) in [6.07, 6.45) is 7.15. The Balaban J connectivity index is 1.34. The molecule has 25 nitrogen and oxygen atoms in total. The second-order valence-corrected chi connectivity index (χ2v) is 21.3. The van der Waals surface area contributed by atoms with E-state index in [0.29, 0.717) is 6.42 Å². The third kappa shape index (κ3) is 20.3. The number of amides is 2. The number of rotatable bonds is 32. The minimum Gasteiger partial charge on any atom is -0.386 e. The van der Waals surface area contributed by atoms with Crippen LogP contribution in [0.2, 0.25) is 0 Å². The number of ketones is 1. The highest BCUT2D eigenvalue weighted by Gasteiger charge is 2.50. The van der Waals surface area contributed by atoms with E-state index in [1.54, 1.807) is 0 Å². The van der Waals surface area contributed by atoms with Crippen LogP contribution in [0.5, 0.6) is 0 Å². The fourth-order valence-electron chi connectivity index (χ4n) is 6.27. The van der Waals surface area contributed by atoms with Gasteiger partial charge in [-0.05, 0) is 25.7 Å². The van der Waals surface area contributed by atoms with Gasteiger partial charge in [0, 0.05) is 37.1 Å². The number of aliphatic hydroxyl groups is 2. The number of imidazole rings is 1. The van der Waals surface area contributed by atoms with Gasteiger partial charge in [0.05, 0.1) is 26.0 Å². The number of phosphoric acid groups is 3. The Morgan fingerprint density at radius 1 is 0.939 bits per heavy atom. The molecule has 10 N–H and O–H groups in total. The van der Waals surface area contributed by atoms with Crippen LogP contribution >= 0.6 is 35.2 Å². The Morgan fingerprint density at radius 3 is 2.30 bits per heavy atom. The molecule has 3 heterocycles. The minimum atomic E-state index is -5.59. The lowest BCUT2D eigenvalue weighted by Gasteiger charge is -2.30. The first kappa shape index (κ1) is 57.3. The van der Waals surface area contributed by atoms with Crippen LogP contribution in [0.15, 0.2) is 24.8 Å². The number of nitrogen functional groups attached to an aromatic ring is 1. The molecule has 7 atom stereocenters. The van der Waals surface area contributed by atoms with Gasteiger partial charge in [0.25, 0.3) is 0 Å². The van der Waals surface area contributed by atoms with Crippen LogP contribution in [0.3, 0.4) is 0 Å². The standard InChI is InChI=1S/C37H62N7O18P3S/c1-4-5-6-7-8-9-10-11-12-13-14-15-25(45)20-28(47)66-19-18-39-27(46)16-17-40-35(50)32(49)37(2,3)22-59-65(56,57)62-64(54,55)58-21-26-31(61-63(51,52)53)30(48)36(60-26)44-24-43-29-33(38)41-23-42-34(29)44/h7-8,23-24,26,30-32,36,48-49H,4-6,9-22H2,1-3H3,(H,39,46)(H,40,50)(H,54,55)(H,56,57)(H2,38,41,42)(H2,51,52,53)/b8-7-/t26-,30-,31-,32+,36-/m1/s1. The van der Waals surface area contributed by atoms with E-state index >= 15 is 0 Å². The van der Waals surface area contributed by atoms with E-state index in [0.717, 1.165) is 73.9 Å². The van der Waals surface area contributed by atoms with Crippen molar-refractivity contribution in [2.24, 2.45) is 5.41 Å². The number of anilines is 1. The summed E-state index contributed by atoms with van der Waals surface area (Å²) in [5.41, 5.74) is 4.24. The van der Waals surface area contributed by atoms with Crippen LogP contribution in [-0.2, 0) is 55.5 Å². The van der Waals surface area contributed by atoms with E-state index < -0.39 is 84.6 Å². The SMILES string of the molecule is CCCC/C=C\CCCCCCCC(=O)CC(=O)SCCNC(=O)CCNC(=O)[C@H](O)C(C)(C)COP(=O)(O)OP(=O)(O)OC[C@H]1O[C@@H](n2cnc3c(N)ncnc32)[C@H](O)[C@@H]1OP(=O)(O)O. The Bertz CT molecular complexity index is 2090. The van der Waals surface area contributed by atoms with Crippen LogP contribution in [-0.4, -0.2) is 128 Å². The summed E-state index contributed by atoms with van der Waals surface area (Å²) in [6.45, 7) is 2.50. The summed E-state index contributed by atoms with van der Waals surface area (Å²) in [5.74, 6) is -1.42. The fourth-order valence-corrected chi connectivity index (χ4v) is 9.79. The highest BCUT2D eigenvalue weighted by atomic mass is 32.2. The molecule has 66 heavy (non-hydrogen) atoms. The van der Waals surface area contributed by atoms with Crippen molar-refractivity contribution in [3.8, 4) is 0 Å². The number of aliphatic hydroxyl groups excluding tert-OH is 2. The first-order chi connectivity index (χ1) is 30.9. The molecule has 0 radical (unpaired) electrons. The van der Waals surface area contributed by atoms with Crippen molar-refractivity contribution in [3.63, 3.8) is 0 Å². The van der Waals surface area contributed by atoms with Crippen molar-refractivity contribution in [2.75, 3.05) is 37.8 Å². The Kier molecular flexibility index (Phi) is 23.6. The first-order valence-corrected chi connectivity index (χ1v) is 26.7. The quantitative estimate of drug-likeness (QED) is 0.0220. The monoisotopic (exact) mass is 1020 g/mol. The zero-order valence-corrected chi connectivity index (χ0v) is 40.4. The zero-order chi connectivity index (χ0) is 49.1. The van der Waals surface area contributed by atoms with Gasteiger partial charge in [0.2, 0.25) is 11.8 Å². The first-order valence-electron chi connectivity index (χ1n) is 21.2. The van der Waals surface area contributed by atoms with Crippen molar-refractivity contribution in [1.82, 2.24) is 30.2 Å². The predicted octanol–water partition coefficient (Wildman–Crippen LogP) is 3.10. The number of hydrogen-bond acceptors (Lipinski definition) is 19. The molecular weight excluding hydrogens is 955 g/mol. The Morgan fingerprint density at radius 2 is 1.61 bits per heavy atom. The van der Waals surface area contributed by atoms with E-state index in [1.165, 1.54) is 26.7 Å². The molecule has 3 rings (SSSR count). The minimum absolute atomic E-state index is 0.0254. The van der Waals surface area contributed by atoms with E-state index in [-0.39, 0.29) is 59.6 Å². The lowest BCUT2D eigenvalue weighted by Crippen LogP contribution is -2.46. The predicted molar refractivity (Wildman–Crippen MR) is 238 cm³/mol. The maximum absolute atomic E-state index is 12.7. The molecule has 0 aromatic carbocycles. The summed E-state index contributed by atoms with van der Waals surface area (Å²) in [7, 11) is -16.4. The molecule has 0 aliphatic carbocycles. The van der Waals surface area contributed by atoms with E-state index in [9.17, 15) is 62.7 Å². The largest absolute Gasteiger partial charge is 0.481 e. The molecule has 1 saturated heterocycles. The number of aromatic nitrogens is 4. The van der Waals surface area contributed by atoms with Crippen LogP contribution < -0.4 is 16.4 Å². The number of carbonyl (C=O) groups excluding carboxylic acids is 4. The highest BCUT2D eigenvalue weighted by Crippen LogP contribution is 2.61. The molecule has 29 heteroatoms. The molecule has 0 saturated carbocycles. The Hall–Kier alpha value is -3.03. The van der Waals surface area contributed by atoms with E-state index in [2.05, 4.69) is 53.5 Å². The number of nitrogens with zero attached hydrogens (tertiary/aromatic N) is 4. The maximum atomic E-state index is 12.7. The molecule has 0 spiro atoms. The third-order valence-corrected chi connectivity index (χ3v) is 13.8. The van der Waals surface area contributed by atoms with Crippen molar-refractivity contribution in [1.29, 1.82) is 0 Å². The molecule has 374 valence electrons. The molecule has 1 aliphatic rings. The maximum Gasteiger partial charge on any atom is 0.481 e. The van der Waals surface area contributed by atoms with Gasteiger partial charge in [0.15, 0.2) is 22.8 Å². The van der Waals surface area contributed by atoms with Gasteiger partial charge in [-0.15, -0.1) is 0 Å². The van der Waals surface area contributed by atoms with Crippen LogP contribution in [0.1, 0.15) is 104 Å². The van der Waals surface area contributed by atoms with Gasteiger partial charge in [-0.25, -0.2) is 28.6 Å². The lowest BCUT2D eigenvalue weighted by molar-refractivity contribution is -0.137. The van der Waals surface area contributed by atoms with Gasteiger partial charge in [0.1, 0.15) is 42.0 Å². The van der Waals surface area contributed by atoms with Crippen molar-refractivity contribution < 1.29 is 85.3 Å². The van der Waals surface area contributed by atoms with Crippen LogP contribution in [0, 0.1) is 5.41 Å². The number of Topliss-reactive ketones (excluding diaryl/α,β-unsaturated/α-hetero) is 1. The van der Waals surface area contributed by atoms with Crippen LogP contribution in [0.25, 0.3) is 11.2 Å². The van der Waals surface area contributed by atoms with Gasteiger partial charge in [-0.1, -0.05) is 76.8 Å². The molecular formula is C37H62N7O18P3S. The molecule has 2 aromatic heterocycles. The highest BCUT2D eigenvalue weighted by molar-refractivity contribution is 8.13. The molecule has 1 aliphatic heterocycles. The number of hydrogen-bond donors (Lipinski definition) is 9.